The van der Waals surface area contributed by atoms with Crippen LogP contribution in [-0.2, 0) is 11.0 Å². The Hall–Kier alpha value is -4.47. The minimum atomic E-state index is -4.67. The number of rotatable bonds is 7. The van der Waals surface area contributed by atoms with Gasteiger partial charge in [0, 0.05) is 5.56 Å². The largest absolute Gasteiger partial charge is 0.493 e. The summed E-state index contributed by atoms with van der Waals surface area (Å²) in [5.41, 5.74) is 0.300. The van der Waals surface area contributed by atoms with Gasteiger partial charge in [-0.3, -0.25) is 9.59 Å². The van der Waals surface area contributed by atoms with Gasteiger partial charge in [-0.25, -0.2) is 0 Å². The molecule has 0 unspecified atom stereocenters. The first-order chi connectivity index (χ1) is 18.0. The van der Waals surface area contributed by atoms with Crippen LogP contribution in [0.4, 0.5) is 18.9 Å². The van der Waals surface area contributed by atoms with Gasteiger partial charge < -0.3 is 23.9 Å². The summed E-state index contributed by atoms with van der Waals surface area (Å²) < 4.78 is 62.3. The number of amides is 1. The van der Waals surface area contributed by atoms with Crippen LogP contribution in [0.1, 0.15) is 16.7 Å². The van der Waals surface area contributed by atoms with Gasteiger partial charge in [-0.2, -0.15) is 13.2 Å². The standard InChI is InChI=1S/C28H24F3NO6/c1-15-11-16(2)25-18(12-15)24(34)27(26(38-25)17-9-10-21(35-3)22(13-17)36-4)37-14-23(33)32-20-8-6-5-7-19(20)28(29,30)31/h5-13H,14H2,1-4H3,(H,32,33). The average Bonchev–Trinajstić information content (AvgIpc) is 2.87. The Morgan fingerprint density at radius 3 is 2.37 bits per heavy atom. The predicted molar refractivity (Wildman–Crippen MR) is 136 cm³/mol. The van der Waals surface area contributed by atoms with Crippen molar-refractivity contribution in [2.75, 3.05) is 26.1 Å². The van der Waals surface area contributed by atoms with Crippen LogP contribution < -0.4 is 25.0 Å². The molecule has 4 aromatic rings. The van der Waals surface area contributed by atoms with E-state index in [0.717, 1.165) is 17.7 Å². The minimum Gasteiger partial charge on any atom is -0.493 e. The normalized spacial score (nSPS) is 11.3. The smallest absolute Gasteiger partial charge is 0.418 e. The van der Waals surface area contributed by atoms with E-state index in [1.54, 1.807) is 31.2 Å². The molecule has 0 saturated carbocycles. The topological polar surface area (TPSA) is 87.0 Å². The van der Waals surface area contributed by atoms with Crippen molar-refractivity contribution < 1.29 is 36.6 Å². The van der Waals surface area contributed by atoms with Crippen LogP contribution in [-0.4, -0.2) is 26.7 Å². The minimum absolute atomic E-state index is 0.0268. The van der Waals surface area contributed by atoms with E-state index in [4.69, 9.17) is 18.6 Å². The highest BCUT2D eigenvalue weighted by atomic mass is 19.4. The average molecular weight is 527 g/mol. The van der Waals surface area contributed by atoms with Crippen molar-refractivity contribution >= 4 is 22.6 Å². The molecule has 0 radical (unpaired) electrons. The number of methoxy groups -OCH3 is 2. The van der Waals surface area contributed by atoms with Gasteiger partial charge in [-0.15, -0.1) is 0 Å². The second kappa shape index (κ2) is 10.5. The number of alkyl halides is 3. The van der Waals surface area contributed by atoms with Gasteiger partial charge in [0.25, 0.3) is 5.91 Å². The predicted octanol–water partition coefficient (Wildman–Crippen LogP) is 6.13. The molecule has 7 nitrogen and oxygen atoms in total. The molecule has 1 amide bonds. The van der Waals surface area contributed by atoms with E-state index < -0.39 is 35.4 Å². The van der Waals surface area contributed by atoms with Crippen molar-refractivity contribution in [3.63, 3.8) is 0 Å². The number of benzene rings is 3. The highest BCUT2D eigenvalue weighted by Gasteiger charge is 2.33. The Morgan fingerprint density at radius 2 is 1.68 bits per heavy atom. The molecule has 198 valence electrons. The number of carbonyl (C=O) groups is 1. The number of aryl methyl sites for hydroxylation is 2. The summed E-state index contributed by atoms with van der Waals surface area (Å²) in [5.74, 6) is -0.329. The number of hydrogen-bond acceptors (Lipinski definition) is 6. The summed E-state index contributed by atoms with van der Waals surface area (Å²) in [6.45, 7) is 2.87. The summed E-state index contributed by atoms with van der Waals surface area (Å²) in [6.07, 6.45) is -4.67. The van der Waals surface area contributed by atoms with E-state index in [2.05, 4.69) is 5.32 Å². The maximum atomic E-state index is 13.5. The van der Waals surface area contributed by atoms with Crippen molar-refractivity contribution in [1.82, 2.24) is 0 Å². The highest BCUT2D eigenvalue weighted by Crippen LogP contribution is 2.38. The molecule has 0 aliphatic carbocycles. The van der Waals surface area contributed by atoms with E-state index in [1.165, 1.54) is 26.4 Å². The number of fused-ring (bicyclic) bond motifs is 1. The third-order valence-corrected chi connectivity index (χ3v) is 5.78. The number of anilines is 1. The van der Waals surface area contributed by atoms with E-state index >= 15 is 0 Å². The first kappa shape index (κ1) is 26.6. The lowest BCUT2D eigenvalue weighted by atomic mass is 10.0. The SMILES string of the molecule is COc1ccc(-c2oc3c(C)cc(C)cc3c(=O)c2OCC(=O)Nc2ccccc2C(F)(F)F)cc1OC. The van der Waals surface area contributed by atoms with E-state index in [-0.39, 0.29) is 16.9 Å². The van der Waals surface area contributed by atoms with Gasteiger partial charge in [0.1, 0.15) is 5.58 Å². The molecule has 0 saturated heterocycles. The van der Waals surface area contributed by atoms with Crippen LogP contribution >= 0.6 is 0 Å². The fourth-order valence-electron chi connectivity index (χ4n) is 4.09. The lowest BCUT2D eigenvalue weighted by Crippen LogP contribution is -2.24. The van der Waals surface area contributed by atoms with Crippen LogP contribution in [0.25, 0.3) is 22.3 Å². The Morgan fingerprint density at radius 1 is 0.974 bits per heavy atom. The Balaban J connectivity index is 1.76. The van der Waals surface area contributed by atoms with Crippen LogP contribution in [0.2, 0.25) is 0 Å². The summed E-state index contributed by atoms with van der Waals surface area (Å²) in [4.78, 5) is 26.1. The molecule has 10 heteroatoms. The number of nitrogens with one attached hydrogen (secondary N) is 1. The van der Waals surface area contributed by atoms with Gasteiger partial charge in [0.2, 0.25) is 11.2 Å². The fraction of sp³-hybridized carbons (Fsp3) is 0.214. The fourth-order valence-corrected chi connectivity index (χ4v) is 4.09. The maximum Gasteiger partial charge on any atom is 0.418 e. The maximum absolute atomic E-state index is 13.5. The summed E-state index contributed by atoms with van der Waals surface area (Å²) in [5, 5.41) is 2.44. The second-order valence-electron chi connectivity index (χ2n) is 8.50. The van der Waals surface area contributed by atoms with Crippen LogP contribution in [0.15, 0.2) is 63.8 Å². The second-order valence-corrected chi connectivity index (χ2v) is 8.50. The lowest BCUT2D eigenvalue weighted by Gasteiger charge is -2.16. The molecule has 1 N–H and O–H groups in total. The summed E-state index contributed by atoms with van der Waals surface area (Å²) in [7, 11) is 2.93. The number of carbonyl (C=O) groups excluding carboxylic acids is 1. The number of hydrogen-bond donors (Lipinski definition) is 1. The van der Waals surface area contributed by atoms with Crippen molar-refractivity contribution in [3.8, 4) is 28.6 Å². The third kappa shape index (κ3) is 5.29. The van der Waals surface area contributed by atoms with Gasteiger partial charge in [-0.1, -0.05) is 18.2 Å². The Bertz CT molecular complexity index is 1580. The Labute approximate surface area is 215 Å². The molecule has 0 bridgehead atoms. The first-order valence-corrected chi connectivity index (χ1v) is 11.4. The molecule has 0 spiro atoms. The van der Waals surface area contributed by atoms with Gasteiger partial charge >= 0.3 is 6.18 Å². The number of para-hydroxylation sites is 1. The van der Waals surface area contributed by atoms with Crippen LogP contribution in [0, 0.1) is 13.8 Å². The molecule has 3 aromatic carbocycles. The monoisotopic (exact) mass is 527 g/mol. The highest BCUT2D eigenvalue weighted by molar-refractivity contribution is 5.93. The molecule has 1 aromatic heterocycles. The van der Waals surface area contributed by atoms with Crippen molar-refractivity contribution in [3.05, 3.63) is 81.5 Å². The van der Waals surface area contributed by atoms with E-state index in [9.17, 15) is 22.8 Å². The Kier molecular flexibility index (Phi) is 7.34. The van der Waals surface area contributed by atoms with Crippen molar-refractivity contribution in [2.45, 2.75) is 20.0 Å². The third-order valence-electron chi connectivity index (χ3n) is 5.78. The molecule has 0 aliphatic heterocycles. The summed E-state index contributed by atoms with van der Waals surface area (Å²) in [6, 6.07) is 12.9. The molecule has 38 heavy (non-hydrogen) atoms. The van der Waals surface area contributed by atoms with Crippen molar-refractivity contribution in [2.24, 2.45) is 0 Å². The molecule has 0 aliphatic rings. The number of halogens is 3. The zero-order valence-corrected chi connectivity index (χ0v) is 21.0. The first-order valence-electron chi connectivity index (χ1n) is 11.4. The molecule has 0 fully saturated rings. The van der Waals surface area contributed by atoms with Gasteiger partial charge in [0.15, 0.2) is 23.9 Å². The summed E-state index contributed by atoms with van der Waals surface area (Å²) >= 11 is 0. The van der Waals surface area contributed by atoms with Crippen LogP contribution in [0.5, 0.6) is 17.2 Å². The molecule has 1 heterocycles. The number of ether oxygens (including phenoxy) is 3. The molecule has 4 rings (SSSR count). The zero-order chi connectivity index (χ0) is 27.6. The van der Waals surface area contributed by atoms with E-state index in [1.807, 2.05) is 13.0 Å². The van der Waals surface area contributed by atoms with E-state index in [0.29, 0.717) is 28.2 Å². The zero-order valence-electron chi connectivity index (χ0n) is 21.0. The van der Waals surface area contributed by atoms with Gasteiger partial charge in [0.05, 0.1) is 30.9 Å². The lowest BCUT2D eigenvalue weighted by molar-refractivity contribution is -0.137. The van der Waals surface area contributed by atoms with Gasteiger partial charge in [-0.05, 0) is 61.4 Å². The quantitative estimate of drug-likeness (QED) is 0.311. The molecule has 0 atom stereocenters. The molecular weight excluding hydrogens is 503 g/mol. The molecular formula is C28H24F3NO6. The van der Waals surface area contributed by atoms with Crippen molar-refractivity contribution in [1.29, 1.82) is 0 Å². The van der Waals surface area contributed by atoms with Crippen LogP contribution in [0.3, 0.4) is 0 Å².